The second-order valence-corrected chi connectivity index (χ2v) is 5.31. The highest BCUT2D eigenvalue weighted by Gasteiger charge is 2.35. The molecule has 1 aromatic carbocycles. The molecule has 0 aliphatic carbocycles. The zero-order valence-electron chi connectivity index (χ0n) is 10.9. The van der Waals surface area contributed by atoms with Gasteiger partial charge >= 0.3 is 12.1 Å². The highest BCUT2D eigenvalue weighted by atomic mass is 32.2. The van der Waals surface area contributed by atoms with Crippen LogP contribution in [0.2, 0.25) is 0 Å². The minimum atomic E-state index is -4.64. The van der Waals surface area contributed by atoms with Crippen molar-refractivity contribution in [2.75, 3.05) is 18.1 Å². The van der Waals surface area contributed by atoms with Crippen LogP contribution in [0.15, 0.2) is 18.2 Å². The van der Waals surface area contributed by atoms with Crippen molar-refractivity contribution in [3.63, 3.8) is 0 Å². The highest BCUT2D eigenvalue weighted by molar-refractivity contribution is 7.99. The van der Waals surface area contributed by atoms with Gasteiger partial charge in [-0.15, -0.1) is 0 Å². The van der Waals surface area contributed by atoms with E-state index in [2.05, 4.69) is 0 Å². The maximum absolute atomic E-state index is 12.8. The topological polar surface area (TPSA) is 46.5 Å². The number of hydrogen-bond donors (Lipinski definition) is 1. The van der Waals surface area contributed by atoms with E-state index in [9.17, 15) is 18.0 Å². The Kier molecular flexibility index (Phi) is 6.19. The molecular formula is C13H15F3O3S. The summed E-state index contributed by atoms with van der Waals surface area (Å²) in [5, 5.41) is 8.73. The van der Waals surface area contributed by atoms with Crippen molar-refractivity contribution < 1.29 is 27.8 Å². The SMILES string of the molecule is CCSCCCOc1ccc(C(=O)O)cc1C(F)(F)F. The molecule has 1 aromatic rings. The normalized spacial score (nSPS) is 11.4. The van der Waals surface area contributed by atoms with Gasteiger partial charge in [0.25, 0.3) is 0 Å². The molecule has 0 saturated heterocycles. The molecule has 20 heavy (non-hydrogen) atoms. The van der Waals surface area contributed by atoms with Gasteiger partial charge in [0.05, 0.1) is 17.7 Å². The van der Waals surface area contributed by atoms with Gasteiger partial charge in [-0.25, -0.2) is 4.79 Å². The fourth-order valence-electron chi connectivity index (χ4n) is 1.50. The predicted molar refractivity (Wildman–Crippen MR) is 71.5 cm³/mol. The first-order valence-corrected chi connectivity index (χ1v) is 7.16. The van der Waals surface area contributed by atoms with Crippen LogP contribution in [0.1, 0.15) is 29.3 Å². The van der Waals surface area contributed by atoms with Crippen molar-refractivity contribution in [2.24, 2.45) is 0 Å². The lowest BCUT2D eigenvalue weighted by atomic mass is 10.1. The van der Waals surface area contributed by atoms with Crippen molar-refractivity contribution in [1.82, 2.24) is 0 Å². The number of carboxylic acid groups (broad SMARTS) is 1. The van der Waals surface area contributed by atoms with Crippen LogP contribution in [0, 0.1) is 0 Å². The van der Waals surface area contributed by atoms with Gasteiger partial charge in [-0.3, -0.25) is 0 Å². The van der Waals surface area contributed by atoms with Gasteiger partial charge < -0.3 is 9.84 Å². The lowest BCUT2D eigenvalue weighted by molar-refractivity contribution is -0.139. The predicted octanol–water partition coefficient (Wildman–Crippen LogP) is 3.93. The summed E-state index contributed by atoms with van der Waals surface area (Å²) in [7, 11) is 0. The number of rotatable bonds is 7. The van der Waals surface area contributed by atoms with Crippen molar-refractivity contribution in [3.05, 3.63) is 29.3 Å². The monoisotopic (exact) mass is 308 g/mol. The van der Waals surface area contributed by atoms with E-state index in [1.807, 2.05) is 6.92 Å². The Bertz CT molecular complexity index is 461. The minimum absolute atomic E-state index is 0.169. The van der Waals surface area contributed by atoms with Gasteiger partial charge in [0, 0.05) is 0 Å². The summed E-state index contributed by atoms with van der Waals surface area (Å²) in [4.78, 5) is 10.7. The van der Waals surface area contributed by atoms with Gasteiger partial charge in [0.1, 0.15) is 5.75 Å². The number of benzene rings is 1. The van der Waals surface area contributed by atoms with E-state index in [0.29, 0.717) is 12.5 Å². The molecule has 7 heteroatoms. The molecule has 1 N–H and O–H groups in total. The molecule has 0 heterocycles. The Balaban J connectivity index is 2.81. The third-order valence-electron chi connectivity index (χ3n) is 2.43. The Hall–Kier alpha value is -1.37. The molecule has 0 aliphatic rings. The van der Waals surface area contributed by atoms with E-state index in [4.69, 9.17) is 9.84 Å². The van der Waals surface area contributed by atoms with Crippen molar-refractivity contribution in [1.29, 1.82) is 0 Å². The summed E-state index contributed by atoms with van der Waals surface area (Å²) in [6, 6.07) is 2.76. The second kappa shape index (κ2) is 7.42. The molecule has 3 nitrogen and oxygen atoms in total. The van der Waals surface area contributed by atoms with Crippen molar-refractivity contribution in [3.8, 4) is 5.75 Å². The first-order chi connectivity index (χ1) is 9.36. The first-order valence-electron chi connectivity index (χ1n) is 6.01. The minimum Gasteiger partial charge on any atom is -0.493 e. The molecule has 0 amide bonds. The number of carbonyl (C=O) groups is 1. The zero-order chi connectivity index (χ0) is 15.2. The summed E-state index contributed by atoms with van der Waals surface area (Å²) in [6.07, 6.45) is -4.00. The van der Waals surface area contributed by atoms with Crippen molar-refractivity contribution >= 4 is 17.7 Å². The van der Waals surface area contributed by atoms with Gasteiger partial charge in [-0.2, -0.15) is 24.9 Å². The highest BCUT2D eigenvalue weighted by Crippen LogP contribution is 2.36. The van der Waals surface area contributed by atoms with Crippen LogP contribution in [0.4, 0.5) is 13.2 Å². The maximum atomic E-state index is 12.8. The Morgan fingerprint density at radius 2 is 2.10 bits per heavy atom. The van der Waals surface area contributed by atoms with Gasteiger partial charge in [-0.05, 0) is 36.1 Å². The Morgan fingerprint density at radius 1 is 1.40 bits per heavy atom. The average Bonchev–Trinajstić information content (AvgIpc) is 2.37. The molecule has 0 saturated carbocycles. The van der Waals surface area contributed by atoms with Gasteiger partial charge in [-0.1, -0.05) is 6.92 Å². The Morgan fingerprint density at radius 3 is 2.65 bits per heavy atom. The van der Waals surface area contributed by atoms with E-state index in [1.54, 1.807) is 11.8 Å². The molecule has 0 fully saturated rings. The van der Waals surface area contributed by atoms with Crippen LogP contribution in [0.3, 0.4) is 0 Å². The number of halogens is 3. The second-order valence-electron chi connectivity index (χ2n) is 3.91. The van der Waals surface area contributed by atoms with Crippen molar-refractivity contribution in [2.45, 2.75) is 19.5 Å². The smallest absolute Gasteiger partial charge is 0.419 e. The van der Waals surface area contributed by atoms with Gasteiger partial charge in [0.15, 0.2) is 0 Å². The standard InChI is InChI=1S/C13H15F3O3S/c1-2-20-7-3-6-19-11-5-4-9(12(17)18)8-10(11)13(14,15)16/h4-5,8H,2-3,6-7H2,1H3,(H,17,18). The molecule has 0 aliphatic heterocycles. The van der Waals surface area contributed by atoms with E-state index < -0.39 is 23.3 Å². The van der Waals surface area contributed by atoms with E-state index in [1.165, 1.54) is 0 Å². The van der Waals surface area contributed by atoms with Crippen LogP contribution >= 0.6 is 11.8 Å². The molecule has 0 unspecified atom stereocenters. The number of alkyl halides is 3. The summed E-state index contributed by atoms with van der Waals surface area (Å²) in [5.74, 6) is 0.0250. The van der Waals surface area contributed by atoms with E-state index in [-0.39, 0.29) is 12.4 Å². The molecule has 0 radical (unpaired) electrons. The number of aromatic carboxylic acids is 1. The summed E-state index contributed by atoms with van der Waals surface area (Å²) in [5.41, 5.74) is -1.47. The van der Waals surface area contributed by atoms with Crippen LogP contribution in [0.5, 0.6) is 5.75 Å². The molecular weight excluding hydrogens is 293 g/mol. The molecule has 0 atom stereocenters. The number of thioether (sulfide) groups is 1. The lowest BCUT2D eigenvalue weighted by Crippen LogP contribution is -2.11. The molecule has 112 valence electrons. The fourth-order valence-corrected chi connectivity index (χ4v) is 2.11. The zero-order valence-corrected chi connectivity index (χ0v) is 11.7. The molecule has 1 rings (SSSR count). The lowest BCUT2D eigenvalue weighted by Gasteiger charge is -2.14. The molecule has 0 aromatic heterocycles. The van der Waals surface area contributed by atoms with E-state index in [0.717, 1.165) is 23.6 Å². The van der Waals surface area contributed by atoms with E-state index >= 15 is 0 Å². The number of carboxylic acids is 1. The summed E-state index contributed by atoms with van der Waals surface area (Å²) >= 11 is 1.68. The summed E-state index contributed by atoms with van der Waals surface area (Å²) in [6.45, 7) is 2.17. The van der Waals surface area contributed by atoms with Crippen LogP contribution in [0.25, 0.3) is 0 Å². The van der Waals surface area contributed by atoms with Gasteiger partial charge in [0.2, 0.25) is 0 Å². The van der Waals surface area contributed by atoms with Crippen LogP contribution in [-0.4, -0.2) is 29.2 Å². The average molecular weight is 308 g/mol. The number of hydrogen-bond acceptors (Lipinski definition) is 3. The van der Waals surface area contributed by atoms with Crippen LogP contribution < -0.4 is 4.74 Å². The third-order valence-corrected chi connectivity index (χ3v) is 3.41. The number of ether oxygens (including phenoxy) is 1. The summed E-state index contributed by atoms with van der Waals surface area (Å²) < 4.78 is 43.7. The quantitative estimate of drug-likeness (QED) is 0.775. The largest absolute Gasteiger partial charge is 0.493 e. The maximum Gasteiger partial charge on any atom is 0.419 e. The third kappa shape index (κ3) is 4.96. The Labute approximate surface area is 119 Å². The first kappa shape index (κ1) is 16.7. The fraction of sp³-hybridized carbons (Fsp3) is 0.462. The molecule has 0 spiro atoms. The molecule has 0 bridgehead atoms. The van der Waals surface area contributed by atoms with Crippen LogP contribution in [-0.2, 0) is 6.18 Å².